The molecule has 0 bridgehead atoms. The van der Waals surface area contributed by atoms with E-state index in [0.717, 1.165) is 18.4 Å². The van der Waals surface area contributed by atoms with Gasteiger partial charge in [-0.3, -0.25) is 4.79 Å². The molecule has 1 atom stereocenters. The topological polar surface area (TPSA) is 66.5 Å². The molecule has 126 valence electrons. The number of hydrogen-bond donors (Lipinski definition) is 1. The van der Waals surface area contributed by atoms with Gasteiger partial charge in [0, 0.05) is 25.6 Å². The first-order valence-corrected chi connectivity index (χ1v) is 9.76. The Hall–Kier alpha value is -1.66. The zero-order chi connectivity index (χ0) is 16.7. The highest BCUT2D eigenvalue weighted by Crippen LogP contribution is 2.13. The molecule has 1 aromatic carbocycles. The molecule has 0 saturated carbocycles. The van der Waals surface area contributed by atoms with Gasteiger partial charge in [0.1, 0.15) is 0 Å². The fraction of sp³-hybridized carbons (Fsp3) is 0.471. The van der Waals surface area contributed by atoms with Crippen molar-refractivity contribution in [3.8, 4) is 0 Å². The normalized spacial score (nSPS) is 19.8. The van der Waals surface area contributed by atoms with E-state index in [0.29, 0.717) is 25.9 Å². The highest BCUT2D eigenvalue weighted by atomic mass is 32.2. The van der Waals surface area contributed by atoms with Crippen LogP contribution in [-0.2, 0) is 14.8 Å². The van der Waals surface area contributed by atoms with Gasteiger partial charge in [-0.05, 0) is 24.8 Å². The van der Waals surface area contributed by atoms with Crippen LogP contribution in [0.25, 0.3) is 6.08 Å². The first-order valence-electron chi connectivity index (χ1n) is 7.91. The van der Waals surface area contributed by atoms with Crippen LogP contribution in [-0.4, -0.2) is 44.0 Å². The van der Waals surface area contributed by atoms with E-state index in [-0.39, 0.29) is 11.9 Å². The van der Waals surface area contributed by atoms with Crippen LogP contribution in [0, 0.1) is 0 Å². The van der Waals surface area contributed by atoms with Gasteiger partial charge in [0.25, 0.3) is 0 Å². The Bertz CT molecular complexity index is 641. The minimum Gasteiger partial charge on any atom is -0.352 e. The number of piperidine rings is 1. The predicted octanol–water partition coefficient (Wildman–Crippen LogP) is 2.02. The van der Waals surface area contributed by atoms with Crippen molar-refractivity contribution in [2.75, 3.05) is 19.3 Å². The molecule has 5 nitrogen and oxygen atoms in total. The lowest BCUT2D eigenvalue weighted by Crippen LogP contribution is -2.49. The van der Waals surface area contributed by atoms with E-state index >= 15 is 0 Å². The van der Waals surface area contributed by atoms with Gasteiger partial charge >= 0.3 is 0 Å². The number of hydrogen-bond acceptors (Lipinski definition) is 3. The standard InChI is InChI=1S/C17H24N2O3S/c1-23(21,22)19-13-7-11-16(14-19)18-17(20)12-6-5-10-15-8-3-2-4-9-15/h2-5,8-10,16H,6-7,11-14H2,1H3,(H,18,20). The summed E-state index contributed by atoms with van der Waals surface area (Å²) in [5, 5.41) is 2.94. The van der Waals surface area contributed by atoms with Gasteiger partial charge in [0.2, 0.25) is 15.9 Å². The van der Waals surface area contributed by atoms with Crippen LogP contribution in [0.5, 0.6) is 0 Å². The molecule has 1 amide bonds. The van der Waals surface area contributed by atoms with E-state index in [4.69, 9.17) is 0 Å². The number of benzene rings is 1. The van der Waals surface area contributed by atoms with Crippen molar-refractivity contribution in [1.82, 2.24) is 9.62 Å². The van der Waals surface area contributed by atoms with E-state index in [1.807, 2.05) is 42.5 Å². The number of allylic oxidation sites excluding steroid dienone is 1. The zero-order valence-corrected chi connectivity index (χ0v) is 14.3. The highest BCUT2D eigenvalue weighted by Gasteiger charge is 2.26. The van der Waals surface area contributed by atoms with E-state index < -0.39 is 10.0 Å². The number of carbonyl (C=O) groups is 1. The summed E-state index contributed by atoms with van der Waals surface area (Å²) in [5.74, 6) is -0.0249. The molecular weight excluding hydrogens is 312 g/mol. The number of rotatable bonds is 6. The Balaban J connectivity index is 1.73. The van der Waals surface area contributed by atoms with Crippen LogP contribution in [0.15, 0.2) is 36.4 Å². The molecule has 1 aromatic rings. The summed E-state index contributed by atoms with van der Waals surface area (Å²) < 4.78 is 24.6. The minimum atomic E-state index is -3.18. The zero-order valence-electron chi connectivity index (χ0n) is 13.4. The molecule has 1 fully saturated rings. The van der Waals surface area contributed by atoms with Crippen LogP contribution in [0.4, 0.5) is 0 Å². The Morgan fingerprint density at radius 2 is 2.09 bits per heavy atom. The fourth-order valence-electron chi connectivity index (χ4n) is 2.66. The third-order valence-electron chi connectivity index (χ3n) is 3.87. The van der Waals surface area contributed by atoms with E-state index in [2.05, 4.69) is 5.32 Å². The number of amides is 1. The first kappa shape index (κ1) is 17.7. The molecule has 2 rings (SSSR count). The second kappa shape index (κ2) is 8.26. The summed E-state index contributed by atoms with van der Waals surface area (Å²) in [5.41, 5.74) is 1.11. The van der Waals surface area contributed by atoms with Crippen LogP contribution < -0.4 is 5.32 Å². The molecular formula is C17H24N2O3S. The van der Waals surface area contributed by atoms with Gasteiger partial charge in [-0.25, -0.2) is 12.7 Å². The smallest absolute Gasteiger partial charge is 0.220 e. The summed E-state index contributed by atoms with van der Waals surface area (Å²) >= 11 is 0. The number of nitrogens with zero attached hydrogens (tertiary/aromatic N) is 1. The van der Waals surface area contributed by atoms with E-state index in [9.17, 15) is 13.2 Å². The van der Waals surface area contributed by atoms with Crippen molar-refractivity contribution in [1.29, 1.82) is 0 Å². The van der Waals surface area contributed by atoms with Crippen LogP contribution in [0.1, 0.15) is 31.2 Å². The third kappa shape index (κ3) is 6.15. The number of carbonyl (C=O) groups excluding carboxylic acids is 1. The maximum absolute atomic E-state index is 12.0. The van der Waals surface area contributed by atoms with Crippen molar-refractivity contribution in [2.45, 2.75) is 31.7 Å². The van der Waals surface area contributed by atoms with E-state index in [1.54, 1.807) is 0 Å². The molecule has 23 heavy (non-hydrogen) atoms. The molecule has 0 aliphatic carbocycles. The second-order valence-corrected chi connectivity index (χ2v) is 7.86. The van der Waals surface area contributed by atoms with Crippen LogP contribution in [0.2, 0.25) is 0 Å². The molecule has 1 N–H and O–H groups in total. The number of sulfonamides is 1. The molecule has 0 spiro atoms. The maximum Gasteiger partial charge on any atom is 0.220 e. The molecule has 1 heterocycles. The SMILES string of the molecule is CS(=O)(=O)N1CCCC(NC(=O)CCC=Cc2ccccc2)C1. The predicted molar refractivity (Wildman–Crippen MR) is 92.3 cm³/mol. The van der Waals surface area contributed by atoms with Crippen molar-refractivity contribution >= 4 is 22.0 Å². The average molecular weight is 336 g/mol. The molecule has 0 aromatic heterocycles. The minimum absolute atomic E-state index is 0.0249. The van der Waals surface area contributed by atoms with Crippen LogP contribution >= 0.6 is 0 Å². The number of nitrogens with one attached hydrogen (secondary N) is 1. The quantitative estimate of drug-likeness (QED) is 0.864. The monoisotopic (exact) mass is 336 g/mol. The Morgan fingerprint density at radius 1 is 1.35 bits per heavy atom. The first-order chi connectivity index (χ1) is 10.9. The lowest BCUT2D eigenvalue weighted by molar-refractivity contribution is -0.122. The third-order valence-corrected chi connectivity index (χ3v) is 5.14. The average Bonchev–Trinajstić information content (AvgIpc) is 2.52. The second-order valence-electron chi connectivity index (χ2n) is 5.88. The highest BCUT2D eigenvalue weighted by molar-refractivity contribution is 7.88. The molecule has 1 aliphatic heterocycles. The van der Waals surface area contributed by atoms with E-state index in [1.165, 1.54) is 10.6 Å². The Labute approximate surface area is 138 Å². The summed E-state index contributed by atoms with van der Waals surface area (Å²) in [6.07, 6.45) is 7.90. The van der Waals surface area contributed by atoms with Crippen molar-refractivity contribution in [2.24, 2.45) is 0 Å². The van der Waals surface area contributed by atoms with Crippen LogP contribution in [0.3, 0.4) is 0 Å². The van der Waals surface area contributed by atoms with Crippen molar-refractivity contribution in [3.63, 3.8) is 0 Å². The largest absolute Gasteiger partial charge is 0.352 e. The maximum atomic E-state index is 12.0. The lowest BCUT2D eigenvalue weighted by Gasteiger charge is -2.31. The van der Waals surface area contributed by atoms with Gasteiger partial charge < -0.3 is 5.32 Å². The molecule has 1 aliphatic rings. The molecule has 6 heteroatoms. The summed E-state index contributed by atoms with van der Waals surface area (Å²) in [6.45, 7) is 0.926. The van der Waals surface area contributed by atoms with Crippen molar-refractivity contribution < 1.29 is 13.2 Å². The Kier molecular flexibility index (Phi) is 6.36. The Morgan fingerprint density at radius 3 is 2.78 bits per heavy atom. The molecule has 1 saturated heterocycles. The fourth-order valence-corrected chi connectivity index (χ4v) is 3.57. The summed E-state index contributed by atoms with van der Waals surface area (Å²) in [7, 11) is -3.18. The summed E-state index contributed by atoms with van der Waals surface area (Å²) in [4.78, 5) is 12.0. The molecule has 1 unspecified atom stereocenters. The van der Waals surface area contributed by atoms with Gasteiger partial charge in [-0.1, -0.05) is 42.5 Å². The van der Waals surface area contributed by atoms with Gasteiger partial charge in [0.05, 0.1) is 6.26 Å². The van der Waals surface area contributed by atoms with Gasteiger partial charge in [-0.2, -0.15) is 0 Å². The van der Waals surface area contributed by atoms with Gasteiger partial charge in [-0.15, -0.1) is 0 Å². The molecule has 0 radical (unpaired) electrons. The van der Waals surface area contributed by atoms with Gasteiger partial charge in [0.15, 0.2) is 0 Å². The van der Waals surface area contributed by atoms with Crippen molar-refractivity contribution in [3.05, 3.63) is 42.0 Å². The summed E-state index contributed by atoms with van der Waals surface area (Å²) in [6, 6.07) is 9.86. The lowest BCUT2D eigenvalue weighted by atomic mass is 10.1.